The standard InChI is InChI=1S/C9H13N3S/c10-9(13)12-11-5-8-4-6-1-2-7(8)3-6/h1-2,5-8H,3-4H2,(H3,10,12,13)/b11-5-/t6-,7+,8-/m0/s1. The second-order valence-electron chi connectivity index (χ2n) is 3.70. The van der Waals surface area contributed by atoms with Crippen molar-refractivity contribution < 1.29 is 0 Å². The van der Waals surface area contributed by atoms with E-state index < -0.39 is 0 Å². The Bertz CT molecular complexity index is 272. The zero-order valence-electron chi connectivity index (χ0n) is 7.31. The van der Waals surface area contributed by atoms with Gasteiger partial charge < -0.3 is 5.73 Å². The molecule has 1 fully saturated rings. The van der Waals surface area contributed by atoms with Gasteiger partial charge in [-0.2, -0.15) is 5.10 Å². The lowest BCUT2D eigenvalue weighted by molar-refractivity contribution is 0.592. The van der Waals surface area contributed by atoms with Gasteiger partial charge in [-0.05, 0) is 36.9 Å². The van der Waals surface area contributed by atoms with Crippen LogP contribution in [0.4, 0.5) is 0 Å². The highest BCUT2D eigenvalue weighted by Gasteiger charge is 2.34. The average Bonchev–Trinajstić information content (AvgIpc) is 2.64. The number of nitrogens with one attached hydrogen (secondary N) is 1. The summed E-state index contributed by atoms with van der Waals surface area (Å²) in [6.45, 7) is 0. The van der Waals surface area contributed by atoms with Gasteiger partial charge in [-0.25, -0.2) is 0 Å². The minimum Gasteiger partial charge on any atom is -0.375 e. The molecule has 3 N–H and O–H groups in total. The molecular weight excluding hydrogens is 182 g/mol. The van der Waals surface area contributed by atoms with Crippen molar-refractivity contribution in [2.75, 3.05) is 0 Å². The van der Waals surface area contributed by atoms with Crippen LogP contribution < -0.4 is 11.2 Å². The zero-order valence-corrected chi connectivity index (χ0v) is 8.13. The van der Waals surface area contributed by atoms with E-state index in [2.05, 4.69) is 34.9 Å². The lowest BCUT2D eigenvalue weighted by Gasteiger charge is -2.11. The van der Waals surface area contributed by atoms with Crippen molar-refractivity contribution >= 4 is 23.5 Å². The van der Waals surface area contributed by atoms with Crippen LogP contribution in [-0.2, 0) is 0 Å². The normalized spacial score (nSPS) is 35.8. The molecule has 2 aliphatic rings. The molecule has 2 rings (SSSR count). The highest BCUT2D eigenvalue weighted by atomic mass is 32.1. The molecule has 0 saturated heterocycles. The van der Waals surface area contributed by atoms with Crippen LogP contribution >= 0.6 is 12.2 Å². The Kier molecular flexibility index (Phi) is 2.31. The first-order chi connectivity index (χ1) is 6.25. The van der Waals surface area contributed by atoms with Crippen LogP contribution in [-0.4, -0.2) is 11.3 Å². The monoisotopic (exact) mass is 195 g/mol. The molecule has 0 heterocycles. The molecule has 0 spiro atoms. The van der Waals surface area contributed by atoms with Crippen LogP contribution in [0.3, 0.4) is 0 Å². The fraction of sp³-hybridized carbons (Fsp3) is 0.556. The van der Waals surface area contributed by atoms with Crippen molar-refractivity contribution in [1.82, 2.24) is 5.43 Å². The average molecular weight is 195 g/mol. The number of nitrogens with two attached hydrogens (primary N) is 1. The molecule has 3 nitrogen and oxygen atoms in total. The second kappa shape index (κ2) is 3.46. The van der Waals surface area contributed by atoms with E-state index in [0.717, 1.165) is 5.92 Å². The van der Waals surface area contributed by atoms with Crippen LogP contribution in [0.25, 0.3) is 0 Å². The quantitative estimate of drug-likeness (QED) is 0.299. The summed E-state index contributed by atoms with van der Waals surface area (Å²) < 4.78 is 0. The van der Waals surface area contributed by atoms with Crippen LogP contribution in [0.1, 0.15) is 12.8 Å². The Morgan fingerprint density at radius 3 is 2.92 bits per heavy atom. The first-order valence-electron chi connectivity index (χ1n) is 4.52. The highest BCUT2D eigenvalue weighted by molar-refractivity contribution is 7.80. The van der Waals surface area contributed by atoms with Crippen LogP contribution in [0.5, 0.6) is 0 Å². The third-order valence-electron chi connectivity index (χ3n) is 2.77. The lowest BCUT2D eigenvalue weighted by Crippen LogP contribution is -2.25. The molecule has 3 atom stereocenters. The molecular formula is C9H13N3S. The fourth-order valence-corrected chi connectivity index (χ4v) is 2.24. The molecule has 2 aliphatic carbocycles. The maximum Gasteiger partial charge on any atom is 0.184 e. The SMILES string of the molecule is NC(=S)N/N=C\[C@@H]1C[C@H]2C=C[C@@H]1C2. The minimum atomic E-state index is 0.231. The molecule has 2 bridgehead atoms. The van der Waals surface area contributed by atoms with Crippen molar-refractivity contribution in [2.24, 2.45) is 28.6 Å². The second-order valence-corrected chi connectivity index (χ2v) is 4.14. The Balaban J connectivity index is 1.86. The Morgan fingerprint density at radius 1 is 1.54 bits per heavy atom. The van der Waals surface area contributed by atoms with E-state index in [1.54, 1.807) is 0 Å². The third-order valence-corrected chi connectivity index (χ3v) is 2.86. The summed E-state index contributed by atoms with van der Waals surface area (Å²) in [5.74, 6) is 2.06. The summed E-state index contributed by atoms with van der Waals surface area (Å²) in [6, 6.07) is 0. The number of thiocarbonyl (C=S) groups is 1. The van der Waals surface area contributed by atoms with Gasteiger partial charge in [0.25, 0.3) is 0 Å². The predicted octanol–water partition coefficient (Wildman–Crippen LogP) is 1.02. The van der Waals surface area contributed by atoms with Crippen LogP contribution in [0.15, 0.2) is 17.3 Å². The van der Waals surface area contributed by atoms with Gasteiger partial charge in [0, 0.05) is 12.1 Å². The van der Waals surface area contributed by atoms with Gasteiger partial charge in [-0.15, -0.1) is 0 Å². The molecule has 0 unspecified atom stereocenters. The summed E-state index contributed by atoms with van der Waals surface area (Å²) in [6.07, 6.45) is 9.07. The van der Waals surface area contributed by atoms with E-state index in [-0.39, 0.29) is 5.11 Å². The molecule has 0 aromatic rings. The van der Waals surface area contributed by atoms with E-state index >= 15 is 0 Å². The zero-order chi connectivity index (χ0) is 9.26. The van der Waals surface area contributed by atoms with E-state index in [4.69, 9.17) is 5.73 Å². The molecule has 0 amide bonds. The molecule has 1 saturated carbocycles. The summed E-state index contributed by atoms with van der Waals surface area (Å²) in [5, 5.41) is 4.23. The number of rotatable bonds is 2. The number of hydrazone groups is 1. The number of hydrogen-bond acceptors (Lipinski definition) is 2. The van der Waals surface area contributed by atoms with Crippen LogP contribution in [0, 0.1) is 17.8 Å². The lowest BCUT2D eigenvalue weighted by atomic mass is 9.95. The molecule has 70 valence electrons. The molecule has 0 aliphatic heterocycles. The van der Waals surface area contributed by atoms with Crippen molar-refractivity contribution in [3.63, 3.8) is 0 Å². The number of nitrogens with zero attached hydrogens (tertiary/aromatic N) is 1. The van der Waals surface area contributed by atoms with Crippen molar-refractivity contribution in [3.05, 3.63) is 12.2 Å². The molecule has 4 heteroatoms. The van der Waals surface area contributed by atoms with Gasteiger partial charge in [0.05, 0.1) is 0 Å². The summed E-state index contributed by atoms with van der Waals surface area (Å²) in [4.78, 5) is 0. The Labute approximate surface area is 83.1 Å². The largest absolute Gasteiger partial charge is 0.375 e. The molecule has 0 radical (unpaired) electrons. The predicted molar refractivity (Wildman–Crippen MR) is 57.3 cm³/mol. The van der Waals surface area contributed by atoms with Gasteiger partial charge >= 0.3 is 0 Å². The van der Waals surface area contributed by atoms with Gasteiger partial charge in [0.1, 0.15) is 0 Å². The number of fused-ring (bicyclic) bond motifs is 2. The first-order valence-corrected chi connectivity index (χ1v) is 4.93. The highest BCUT2D eigenvalue weighted by Crippen LogP contribution is 2.42. The van der Waals surface area contributed by atoms with Gasteiger partial charge in [0.2, 0.25) is 0 Å². The number of hydrogen-bond donors (Lipinski definition) is 2. The van der Waals surface area contributed by atoms with E-state index in [9.17, 15) is 0 Å². The van der Waals surface area contributed by atoms with Gasteiger partial charge in [-0.3, -0.25) is 5.43 Å². The Morgan fingerprint density at radius 2 is 2.38 bits per heavy atom. The van der Waals surface area contributed by atoms with Crippen molar-refractivity contribution in [1.29, 1.82) is 0 Å². The van der Waals surface area contributed by atoms with E-state index in [0.29, 0.717) is 11.8 Å². The molecule has 13 heavy (non-hydrogen) atoms. The number of allylic oxidation sites excluding steroid dienone is 2. The maximum atomic E-state index is 5.25. The third kappa shape index (κ3) is 1.88. The van der Waals surface area contributed by atoms with Crippen molar-refractivity contribution in [3.8, 4) is 0 Å². The van der Waals surface area contributed by atoms with Gasteiger partial charge in [-0.1, -0.05) is 12.2 Å². The maximum absolute atomic E-state index is 5.25. The molecule has 0 aromatic carbocycles. The van der Waals surface area contributed by atoms with E-state index in [1.807, 2.05) is 6.21 Å². The first kappa shape index (κ1) is 8.69. The molecule has 0 aromatic heterocycles. The van der Waals surface area contributed by atoms with E-state index in [1.165, 1.54) is 12.8 Å². The summed E-state index contributed by atoms with van der Waals surface area (Å²) in [7, 11) is 0. The van der Waals surface area contributed by atoms with Crippen molar-refractivity contribution in [2.45, 2.75) is 12.8 Å². The smallest absolute Gasteiger partial charge is 0.184 e. The summed E-state index contributed by atoms with van der Waals surface area (Å²) >= 11 is 4.64. The summed E-state index contributed by atoms with van der Waals surface area (Å²) in [5.41, 5.74) is 7.83. The minimum absolute atomic E-state index is 0.231. The van der Waals surface area contributed by atoms with Gasteiger partial charge in [0.15, 0.2) is 5.11 Å². The fourth-order valence-electron chi connectivity index (χ4n) is 2.19. The Hall–Kier alpha value is -0.900. The topological polar surface area (TPSA) is 50.4 Å². The van der Waals surface area contributed by atoms with Crippen LogP contribution in [0.2, 0.25) is 0 Å².